The molecule has 0 aliphatic rings. The fourth-order valence-electron chi connectivity index (χ4n) is 1.18. The van der Waals surface area contributed by atoms with Crippen LogP contribution in [0.3, 0.4) is 0 Å². The van der Waals surface area contributed by atoms with E-state index >= 15 is 0 Å². The van der Waals surface area contributed by atoms with Crippen molar-refractivity contribution in [3.63, 3.8) is 0 Å². The molecular weight excluding hydrogens is 207 g/mol. The zero-order chi connectivity index (χ0) is 9.68. The largest absolute Gasteiger partial charge is 0.276 e. The topological polar surface area (TPSA) is 17.8 Å². The van der Waals surface area contributed by atoms with E-state index in [9.17, 15) is 0 Å². The maximum atomic E-state index is 5.88. The normalized spacial score (nSPS) is 13.2. The van der Waals surface area contributed by atoms with Gasteiger partial charge in [0.2, 0.25) is 0 Å². The molecule has 0 aliphatic heterocycles. The lowest BCUT2D eigenvalue weighted by Gasteiger charge is -2.02. The van der Waals surface area contributed by atoms with Crippen molar-refractivity contribution in [3.8, 4) is 0 Å². The van der Waals surface area contributed by atoms with Crippen molar-refractivity contribution in [2.45, 2.75) is 24.6 Å². The third-order valence-corrected chi connectivity index (χ3v) is 2.79. The molecule has 0 bridgehead atoms. The lowest BCUT2D eigenvalue weighted by Crippen LogP contribution is -2.01. The zero-order valence-electron chi connectivity index (χ0n) is 7.71. The van der Waals surface area contributed by atoms with Crippen molar-refractivity contribution in [2.75, 3.05) is 5.88 Å². The summed E-state index contributed by atoms with van der Waals surface area (Å²) in [6.45, 7) is 0. The van der Waals surface area contributed by atoms with Gasteiger partial charge in [-0.3, -0.25) is 4.68 Å². The lowest BCUT2D eigenvalue weighted by molar-refractivity contribution is 0.688. The Bertz CT molecular complexity index is 248. The van der Waals surface area contributed by atoms with Gasteiger partial charge in [0.05, 0.1) is 5.69 Å². The van der Waals surface area contributed by atoms with Gasteiger partial charge in [0.25, 0.3) is 0 Å². The minimum atomic E-state index is 0.102. The van der Waals surface area contributed by atoms with Crippen LogP contribution in [0.25, 0.3) is 0 Å². The SMILES string of the molecule is Cn1ccc(CCCC(Cl)CCl)n1. The van der Waals surface area contributed by atoms with Gasteiger partial charge in [-0.15, -0.1) is 23.2 Å². The molecule has 0 aliphatic carbocycles. The highest BCUT2D eigenvalue weighted by Gasteiger charge is 2.03. The fraction of sp³-hybridized carbons (Fsp3) is 0.667. The van der Waals surface area contributed by atoms with Crippen LogP contribution in [0.4, 0.5) is 0 Å². The molecule has 1 atom stereocenters. The highest BCUT2D eigenvalue weighted by atomic mass is 35.5. The highest BCUT2D eigenvalue weighted by molar-refractivity contribution is 6.28. The van der Waals surface area contributed by atoms with E-state index in [-0.39, 0.29) is 5.38 Å². The van der Waals surface area contributed by atoms with Crippen molar-refractivity contribution in [1.29, 1.82) is 0 Å². The number of nitrogens with zero attached hydrogens (tertiary/aromatic N) is 2. The van der Waals surface area contributed by atoms with E-state index in [0.717, 1.165) is 25.0 Å². The second-order valence-electron chi connectivity index (χ2n) is 3.12. The Hall–Kier alpha value is -0.210. The Morgan fingerprint density at radius 1 is 1.62 bits per heavy atom. The third kappa shape index (κ3) is 4.01. The Labute approximate surface area is 88.8 Å². The summed E-state index contributed by atoms with van der Waals surface area (Å²) in [5.74, 6) is 0.532. The summed E-state index contributed by atoms with van der Waals surface area (Å²) < 4.78 is 1.81. The molecule has 0 amide bonds. The number of aromatic nitrogens is 2. The molecule has 74 valence electrons. The van der Waals surface area contributed by atoms with Gasteiger partial charge in [0.1, 0.15) is 0 Å². The first-order chi connectivity index (χ1) is 6.22. The molecule has 1 heterocycles. The summed E-state index contributed by atoms with van der Waals surface area (Å²) in [6.07, 6.45) is 4.95. The maximum absolute atomic E-state index is 5.88. The number of halogens is 2. The van der Waals surface area contributed by atoms with Crippen molar-refractivity contribution in [1.82, 2.24) is 9.78 Å². The summed E-state index contributed by atoms with van der Waals surface area (Å²) in [7, 11) is 1.92. The molecule has 13 heavy (non-hydrogen) atoms. The molecule has 0 radical (unpaired) electrons. The second kappa shape index (κ2) is 5.51. The molecule has 0 saturated heterocycles. The third-order valence-electron chi connectivity index (χ3n) is 1.89. The first-order valence-corrected chi connectivity index (χ1v) is 5.38. The first-order valence-electron chi connectivity index (χ1n) is 4.41. The molecule has 0 saturated carbocycles. The van der Waals surface area contributed by atoms with E-state index in [0.29, 0.717) is 5.88 Å². The van der Waals surface area contributed by atoms with Gasteiger partial charge in [-0.05, 0) is 25.3 Å². The summed E-state index contributed by atoms with van der Waals surface area (Å²) in [4.78, 5) is 0. The smallest absolute Gasteiger partial charge is 0.0624 e. The Morgan fingerprint density at radius 2 is 2.38 bits per heavy atom. The van der Waals surface area contributed by atoms with E-state index in [1.54, 1.807) is 0 Å². The van der Waals surface area contributed by atoms with Crippen LogP contribution in [0, 0.1) is 0 Å². The average molecular weight is 221 g/mol. The zero-order valence-corrected chi connectivity index (χ0v) is 9.22. The molecule has 1 rings (SSSR count). The Balaban J connectivity index is 2.20. The van der Waals surface area contributed by atoms with E-state index in [2.05, 4.69) is 5.10 Å². The molecule has 0 fully saturated rings. The number of aryl methyl sites for hydroxylation is 2. The molecule has 0 aromatic carbocycles. The summed E-state index contributed by atoms with van der Waals surface area (Å²) >= 11 is 11.5. The molecule has 0 spiro atoms. The molecule has 4 heteroatoms. The van der Waals surface area contributed by atoms with Gasteiger partial charge in [0, 0.05) is 24.5 Å². The molecule has 1 aromatic rings. The number of alkyl halides is 2. The molecule has 1 unspecified atom stereocenters. The monoisotopic (exact) mass is 220 g/mol. The summed E-state index contributed by atoms with van der Waals surface area (Å²) in [5.41, 5.74) is 1.13. The van der Waals surface area contributed by atoms with E-state index in [4.69, 9.17) is 23.2 Å². The Morgan fingerprint density at radius 3 is 2.92 bits per heavy atom. The molecule has 2 nitrogen and oxygen atoms in total. The minimum absolute atomic E-state index is 0.102. The second-order valence-corrected chi connectivity index (χ2v) is 4.05. The number of hydrogen-bond donors (Lipinski definition) is 0. The van der Waals surface area contributed by atoms with E-state index in [1.807, 2.05) is 24.0 Å². The fourth-order valence-corrected chi connectivity index (χ4v) is 1.49. The van der Waals surface area contributed by atoms with Crippen LogP contribution in [-0.2, 0) is 13.5 Å². The average Bonchev–Trinajstić information content (AvgIpc) is 2.51. The number of rotatable bonds is 5. The van der Waals surface area contributed by atoms with Crippen molar-refractivity contribution < 1.29 is 0 Å². The van der Waals surface area contributed by atoms with Crippen LogP contribution in [0.15, 0.2) is 12.3 Å². The van der Waals surface area contributed by atoms with Gasteiger partial charge >= 0.3 is 0 Å². The van der Waals surface area contributed by atoms with Gasteiger partial charge in [-0.2, -0.15) is 5.10 Å². The standard InChI is InChI=1S/C9H14Cl2N2/c1-13-6-5-9(12-13)4-2-3-8(11)7-10/h5-6,8H,2-4,7H2,1H3. The van der Waals surface area contributed by atoms with Crippen LogP contribution in [0.2, 0.25) is 0 Å². The van der Waals surface area contributed by atoms with Gasteiger partial charge in [0.15, 0.2) is 0 Å². The van der Waals surface area contributed by atoms with Crippen molar-refractivity contribution >= 4 is 23.2 Å². The van der Waals surface area contributed by atoms with Gasteiger partial charge < -0.3 is 0 Å². The first kappa shape index (κ1) is 10.9. The van der Waals surface area contributed by atoms with Crippen LogP contribution < -0.4 is 0 Å². The molecule has 1 aromatic heterocycles. The van der Waals surface area contributed by atoms with Crippen molar-refractivity contribution in [2.24, 2.45) is 7.05 Å². The Kier molecular flexibility index (Phi) is 4.60. The van der Waals surface area contributed by atoms with Gasteiger partial charge in [-0.1, -0.05) is 0 Å². The summed E-state index contributed by atoms with van der Waals surface area (Å²) in [5, 5.41) is 4.38. The lowest BCUT2D eigenvalue weighted by atomic mass is 10.1. The van der Waals surface area contributed by atoms with Crippen LogP contribution >= 0.6 is 23.2 Å². The highest BCUT2D eigenvalue weighted by Crippen LogP contribution is 2.10. The maximum Gasteiger partial charge on any atom is 0.0624 e. The van der Waals surface area contributed by atoms with Gasteiger partial charge in [-0.25, -0.2) is 0 Å². The van der Waals surface area contributed by atoms with E-state index < -0.39 is 0 Å². The van der Waals surface area contributed by atoms with Crippen molar-refractivity contribution in [3.05, 3.63) is 18.0 Å². The number of hydrogen-bond acceptors (Lipinski definition) is 1. The van der Waals surface area contributed by atoms with Crippen LogP contribution in [0.5, 0.6) is 0 Å². The predicted octanol–water partition coefficient (Wildman–Crippen LogP) is 2.59. The predicted molar refractivity (Wildman–Crippen MR) is 56.5 cm³/mol. The minimum Gasteiger partial charge on any atom is -0.276 e. The molecule has 0 N–H and O–H groups in total. The quantitative estimate of drug-likeness (QED) is 0.699. The van der Waals surface area contributed by atoms with E-state index in [1.165, 1.54) is 0 Å². The van der Waals surface area contributed by atoms with Crippen LogP contribution in [0.1, 0.15) is 18.5 Å². The van der Waals surface area contributed by atoms with Crippen LogP contribution in [-0.4, -0.2) is 21.0 Å². The summed E-state index contributed by atoms with van der Waals surface area (Å²) in [6, 6.07) is 2.03. The molecular formula is C9H14Cl2N2.